The van der Waals surface area contributed by atoms with Crippen molar-refractivity contribution in [2.24, 2.45) is 0 Å². The molecule has 1 aliphatic heterocycles. The lowest BCUT2D eigenvalue weighted by molar-refractivity contribution is 0.0627. The van der Waals surface area contributed by atoms with Crippen molar-refractivity contribution in [3.63, 3.8) is 0 Å². The number of hydrogen-bond acceptors (Lipinski definition) is 5. The summed E-state index contributed by atoms with van der Waals surface area (Å²) in [4.78, 5) is 22.1. The summed E-state index contributed by atoms with van der Waals surface area (Å²) in [6.07, 6.45) is 4.02. The Morgan fingerprint density at radius 2 is 1.97 bits per heavy atom. The molecule has 0 unspecified atom stereocenters. The Labute approximate surface area is 170 Å². The molecule has 4 rings (SSSR count). The van der Waals surface area contributed by atoms with Crippen molar-refractivity contribution in [1.82, 2.24) is 24.6 Å². The van der Waals surface area contributed by atoms with E-state index in [9.17, 15) is 4.79 Å². The van der Waals surface area contributed by atoms with Gasteiger partial charge in [-0.1, -0.05) is 0 Å². The largest absolute Gasteiger partial charge is 0.497 e. The highest BCUT2D eigenvalue weighted by Gasteiger charge is 2.24. The Morgan fingerprint density at radius 3 is 2.66 bits per heavy atom. The molecule has 0 radical (unpaired) electrons. The van der Waals surface area contributed by atoms with Crippen LogP contribution in [0.3, 0.4) is 0 Å². The Bertz CT molecular complexity index is 1020. The second-order valence-corrected chi connectivity index (χ2v) is 7.45. The van der Waals surface area contributed by atoms with Crippen molar-refractivity contribution in [3.8, 4) is 5.75 Å². The lowest BCUT2D eigenvalue weighted by Crippen LogP contribution is -2.48. The van der Waals surface area contributed by atoms with E-state index in [2.05, 4.69) is 28.1 Å². The van der Waals surface area contributed by atoms with Crippen LogP contribution in [-0.2, 0) is 13.1 Å². The van der Waals surface area contributed by atoms with Gasteiger partial charge in [0.2, 0.25) is 0 Å². The molecule has 0 atom stereocenters. The van der Waals surface area contributed by atoms with Gasteiger partial charge in [-0.15, -0.1) is 0 Å². The van der Waals surface area contributed by atoms with E-state index in [1.807, 2.05) is 47.0 Å². The zero-order valence-corrected chi connectivity index (χ0v) is 17.3. The van der Waals surface area contributed by atoms with Gasteiger partial charge in [-0.05, 0) is 38.1 Å². The topological polar surface area (TPSA) is 63.5 Å². The standard InChI is InChI=1S/C22H27N5O2/c1-4-27-15-17(13-23-27)14-25-7-9-26(10-8-25)22(28)20-12-18-11-19(29-3)5-6-21(18)24-16(20)2/h5-6,11-13,15H,4,7-10,14H2,1-3H3. The van der Waals surface area contributed by atoms with Gasteiger partial charge in [-0.2, -0.15) is 5.10 Å². The van der Waals surface area contributed by atoms with Crippen molar-refractivity contribution < 1.29 is 9.53 Å². The molecule has 152 valence electrons. The van der Waals surface area contributed by atoms with E-state index in [1.165, 1.54) is 5.56 Å². The molecular weight excluding hydrogens is 366 g/mol. The fourth-order valence-electron chi connectivity index (χ4n) is 3.79. The predicted octanol–water partition coefficient (Wildman–Crippen LogP) is 2.73. The Hall–Kier alpha value is -2.93. The molecule has 0 bridgehead atoms. The van der Waals surface area contributed by atoms with Gasteiger partial charge in [-0.3, -0.25) is 19.4 Å². The number of amides is 1. The summed E-state index contributed by atoms with van der Waals surface area (Å²) in [7, 11) is 1.64. The predicted molar refractivity (Wildman–Crippen MR) is 112 cm³/mol. The molecule has 0 saturated carbocycles. The highest BCUT2D eigenvalue weighted by atomic mass is 16.5. The molecule has 29 heavy (non-hydrogen) atoms. The van der Waals surface area contributed by atoms with Crippen LogP contribution in [0.15, 0.2) is 36.7 Å². The first-order valence-electron chi connectivity index (χ1n) is 10.1. The SMILES string of the molecule is CCn1cc(CN2CCN(C(=O)c3cc4cc(OC)ccc4nc3C)CC2)cn1. The van der Waals surface area contributed by atoms with E-state index in [0.717, 1.165) is 61.6 Å². The number of hydrogen-bond donors (Lipinski definition) is 0. The van der Waals surface area contributed by atoms with Crippen molar-refractivity contribution in [2.75, 3.05) is 33.3 Å². The van der Waals surface area contributed by atoms with Crippen LogP contribution in [0.2, 0.25) is 0 Å². The summed E-state index contributed by atoms with van der Waals surface area (Å²) < 4.78 is 7.25. The number of aryl methyl sites for hydroxylation is 2. The molecule has 7 nitrogen and oxygen atoms in total. The lowest BCUT2D eigenvalue weighted by Gasteiger charge is -2.34. The van der Waals surface area contributed by atoms with Crippen LogP contribution >= 0.6 is 0 Å². The molecule has 1 amide bonds. The molecule has 1 aromatic carbocycles. The van der Waals surface area contributed by atoms with Gasteiger partial charge in [0, 0.05) is 56.4 Å². The molecular formula is C22H27N5O2. The maximum Gasteiger partial charge on any atom is 0.255 e. The van der Waals surface area contributed by atoms with Crippen LogP contribution in [0.1, 0.15) is 28.5 Å². The Kier molecular flexibility index (Phi) is 5.49. The maximum absolute atomic E-state index is 13.1. The average Bonchev–Trinajstić information content (AvgIpc) is 3.20. The average molecular weight is 393 g/mol. The number of piperazine rings is 1. The summed E-state index contributed by atoms with van der Waals surface area (Å²) in [5, 5.41) is 5.26. The molecule has 7 heteroatoms. The van der Waals surface area contributed by atoms with Gasteiger partial charge in [0.15, 0.2) is 0 Å². The van der Waals surface area contributed by atoms with E-state index < -0.39 is 0 Å². The fourth-order valence-corrected chi connectivity index (χ4v) is 3.79. The van der Waals surface area contributed by atoms with Gasteiger partial charge in [0.05, 0.1) is 30.1 Å². The van der Waals surface area contributed by atoms with Gasteiger partial charge < -0.3 is 9.64 Å². The number of rotatable bonds is 5. The Morgan fingerprint density at radius 1 is 1.17 bits per heavy atom. The third-order valence-electron chi connectivity index (χ3n) is 5.52. The molecule has 1 fully saturated rings. The normalized spacial score (nSPS) is 15.1. The summed E-state index contributed by atoms with van der Waals surface area (Å²) in [6, 6.07) is 7.68. The van der Waals surface area contributed by atoms with E-state index in [1.54, 1.807) is 7.11 Å². The third-order valence-corrected chi connectivity index (χ3v) is 5.52. The molecule has 3 heterocycles. The van der Waals surface area contributed by atoms with Crippen LogP contribution in [0.4, 0.5) is 0 Å². The molecule has 1 aliphatic rings. The molecule has 0 aliphatic carbocycles. The summed E-state index contributed by atoms with van der Waals surface area (Å²) >= 11 is 0. The first kappa shape index (κ1) is 19.4. The quantitative estimate of drug-likeness (QED) is 0.667. The number of carbonyl (C=O) groups excluding carboxylic acids is 1. The molecule has 2 aromatic heterocycles. The number of benzene rings is 1. The van der Waals surface area contributed by atoms with Crippen molar-refractivity contribution in [2.45, 2.75) is 26.9 Å². The minimum atomic E-state index is 0.0539. The number of nitrogens with zero attached hydrogens (tertiary/aromatic N) is 5. The van der Waals surface area contributed by atoms with E-state index >= 15 is 0 Å². The minimum Gasteiger partial charge on any atom is -0.497 e. The van der Waals surface area contributed by atoms with Crippen LogP contribution in [0, 0.1) is 6.92 Å². The van der Waals surface area contributed by atoms with E-state index in [0.29, 0.717) is 5.56 Å². The van der Waals surface area contributed by atoms with Gasteiger partial charge in [0.25, 0.3) is 5.91 Å². The fraction of sp³-hybridized carbons (Fsp3) is 0.409. The van der Waals surface area contributed by atoms with Crippen LogP contribution in [-0.4, -0.2) is 63.8 Å². The highest BCUT2D eigenvalue weighted by Crippen LogP contribution is 2.23. The first-order chi connectivity index (χ1) is 14.1. The van der Waals surface area contributed by atoms with Crippen molar-refractivity contribution >= 4 is 16.8 Å². The number of fused-ring (bicyclic) bond motifs is 1. The smallest absolute Gasteiger partial charge is 0.255 e. The molecule has 0 spiro atoms. The number of carbonyl (C=O) groups is 1. The van der Waals surface area contributed by atoms with Crippen molar-refractivity contribution in [3.05, 3.63) is 53.5 Å². The van der Waals surface area contributed by atoms with Gasteiger partial charge in [-0.25, -0.2) is 0 Å². The zero-order valence-electron chi connectivity index (χ0n) is 17.3. The van der Waals surface area contributed by atoms with E-state index in [-0.39, 0.29) is 5.91 Å². The second-order valence-electron chi connectivity index (χ2n) is 7.45. The molecule has 1 saturated heterocycles. The monoisotopic (exact) mass is 393 g/mol. The lowest BCUT2D eigenvalue weighted by atomic mass is 10.1. The summed E-state index contributed by atoms with van der Waals surface area (Å²) in [5.41, 5.74) is 3.53. The van der Waals surface area contributed by atoms with Crippen LogP contribution in [0.25, 0.3) is 10.9 Å². The van der Waals surface area contributed by atoms with E-state index in [4.69, 9.17) is 4.74 Å². The minimum absolute atomic E-state index is 0.0539. The van der Waals surface area contributed by atoms with Gasteiger partial charge in [0.1, 0.15) is 5.75 Å². The number of ether oxygens (including phenoxy) is 1. The van der Waals surface area contributed by atoms with Crippen LogP contribution < -0.4 is 4.74 Å². The van der Waals surface area contributed by atoms with Gasteiger partial charge >= 0.3 is 0 Å². The number of aromatic nitrogens is 3. The highest BCUT2D eigenvalue weighted by molar-refractivity contribution is 5.98. The van der Waals surface area contributed by atoms with Crippen molar-refractivity contribution in [1.29, 1.82) is 0 Å². The first-order valence-corrected chi connectivity index (χ1v) is 10.1. The molecule has 0 N–H and O–H groups in total. The molecule has 3 aromatic rings. The number of pyridine rings is 1. The Balaban J connectivity index is 1.44. The second kappa shape index (κ2) is 8.21. The number of methoxy groups -OCH3 is 1. The third kappa shape index (κ3) is 4.10. The maximum atomic E-state index is 13.1. The summed E-state index contributed by atoms with van der Waals surface area (Å²) in [5.74, 6) is 0.819. The summed E-state index contributed by atoms with van der Waals surface area (Å²) in [6.45, 7) is 8.89. The van der Waals surface area contributed by atoms with Crippen LogP contribution in [0.5, 0.6) is 5.75 Å². The zero-order chi connectivity index (χ0) is 20.4.